The summed E-state index contributed by atoms with van der Waals surface area (Å²) in [5.41, 5.74) is -1.21. The molecule has 19 atom stereocenters. The molecule has 7 aliphatic rings. The quantitative estimate of drug-likeness (QED) is 0.141. The molecule has 7 rings (SSSR count). The average Bonchev–Trinajstić information content (AvgIpc) is 3.21. The Morgan fingerprint density at radius 1 is 0.672 bits per heavy atom. The topological polar surface area (TPSA) is 234 Å². The molecule has 2 saturated heterocycles. The lowest BCUT2D eigenvalue weighted by Crippen LogP contribution is -2.68. The zero-order valence-electron chi connectivity index (χ0n) is 37.3. The minimum atomic E-state index is -1.93. The number of ketones is 1. The van der Waals surface area contributed by atoms with E-state index in [0.29, 0.717) is 19.3 Å². The zero-order chi connectivity index (χ0) is 45.0. The Bertz CT molecular complexity index is 1780. The normalized spacial score (nSPS) is 50.4. The van der Waals surface area contributed by atoms with Crippen LogP contribution in [-0.4, -0.2) is 138 Å². The van der Waals surface area contributed by atoms with Crippen LogP contribution >= 0.6 is 0 Å². The molecule has 3 unspecified atom stereocenters. The summed E-state index contributed by atoms with van der Waals surface area (Å²) in [5, 5.41) is 54.5. The van der Waals surface area contributed by atoms with Gasteiger partial charge in [0.1, 0.15) is 36.6 Å². The summed E-state index contributed by atoms with van der Waals surface area (Å²) < 4.78 is 39.1. The maximum atomic E-state index is 15.0. The number of ether oxygens (including phenoxy) is 7. The Balaban J connectivity index is 1.18. The van der Waals surface area contributed by atoms with E-state index in [1.54, 1.807) is 0 Å². The molecule has 2 aliphatic heterocycles. The van der Waals surface area contributed by atoms with Crippen molar-refractivity contribution >= 4 is 23.7 Å². The van der Waals surface area contributed by atoms with Crippen LogP contribution in [0.15, 0.2) is 11.6 Å². The van der Waals surface area contributed by atoms with Crippen molar-refractivity contribution < 1.29 is 77.9 Å². The Hall–Kier alpha value is -2.54. The van der Waals surface area contributed by atoms with Crippen LogP contribution in [0.5, 0.6) is 0 Å². The summed E-state index contributed by atoms with van der Waals surface area (Å²) >= 11 is 0. The van der Waals surface area contributed by atoms with E-state index in [0.717, 1.165) is 52.7 Å². The highest BCUT2D eigenvalue weighted by molar-refractivity contribution is 5.95. The third-order valence-corrected chi connectivity index (χ3v) is 17.8. The van der Waals surface area contributed by atoms with E-state index >= 15 is 0 Å². The number of hydrogen-bond donors (Lipinski definition) is 5. The molecule has 0 bridgehead atoms. The molecule has 2 heterocycles. The average molecular weight is 865 g/mol. The van der Waals surface area contributed by atoms with Crippen molar-refractivity contribution in [2.24, 2.45) is 50.2 Å². The second kappa shape index (κ2) is 15.9. The summed E-state index contributed by atoms with van der Waals surface area (Å²) in [4.78, 5) is 53.4. The monoisotopic (exact) mass is 864 g/mol. The number of rotatable bonds is 7. The molecule has 0 aromatic heterocycles. The molecule has 16 nitrogen and oxygen atoms in total. The van der Waals surface area contributed by atoms with Gasteiger partial charge in [-0.25, -0.2) is 9.59 Å². The summed E-state index contributed by atoms with van der Waals surface area (Å²) in [7, 11) is 3.59. The molecule has 61 heavy (non-hydrogen) atoms. The fourth-order valence-electron chi connectivity index (χ4n) is 13.8. The molecule has 16 heteroatoms. The third kappa shape index (κ3) is 6.95. The second-order valence-electron chi connectivity index (χ2n) is 21.2. The Labute approximate surface area is 357 Å². The van der Waals surface area contributed by atoms with Crippen LogP contribution in [0.1, 0.15) is 106 Å². The van der Waals surface area contributed by atoms with Gasteiger partial charge in [-0.05, 0) is 110 Å². The summed E-state index contributed by atoms with van der Waals surface area (Å²) in [6.07, 6.45) is -9.88. The van der Waals surface area contributed by atoms with Crippen molar-refractivity contribution in [1.29, 1.82) is 0 Å². The Morgan fingerprint density at radius 2 is 1.26 bits per heavy atom. The maximum absolute atomic E-state index is 15.0. The van der Waals surface area contributed by atoms with Gasteiger partial charge < -0.3 is 58.7 Å². The molecule has 0 amide bonds. The second-order valence-corrected chi connectivity index (χ2v) is 21.2. The van der Waals surface area contributed by atoms with Gasteiger partial charge in [-0.15, -0.1) is 0 Å². The fourth-order valence-corrected chi connectivity index (χ4v) is 13.8. The van der Waals surface area contributed by atoms with Gasteiger partial charge in [0.05, 0.1) is 32.8 Å². The van der Waals surface area contributed by atoms with Gasteiger partial charge in [0.2, 0.25) is 0 Å². The lowest BCUT2D eigenvalue weighted by molar-refractivity contribution is -0.371. The van der Waals surface area contributed by atoms with Gasteiger partial charge in [0.15, 0.2) is 30.6 Å². The van der Waals surface area contributed by atoms with Crippen molar-refractivity contribution in [3.05, 3.63) is 11.6 Å². The fraction of sp³-hybridized carbons (Fsp3) is 0.867. The molecule has 0 aromatic carbocycles. The molecule has 5 N–H and O–H groups in total. The number of allylic oxidation sites excluding steroid dienone is 2. The minimum Gasteiger partial charge on any atom is -0.469 e. The number of aliphatic hydroxyl groups excluding tert-OH is 5. The highest BCUT2D eigenvalue weighted by Crippen LogP contribution is 2.75. The Kier molecular flexibility index (Phi) is 12.1. The van der Waals surface area contributed by atoms with Crippen molar-refractivity contribution in [3.8, 4) is 0 Å². The lowest BCUT2D eigenvalue weighted by atomic mass is 9.33. The molecule has 6 fully saturated rings. The first-order valence-electron chi connectivity index (χ1n) is 21.9. The van der Waals surface area contributed by atoms with Crippen LogP contribution in [0.2, 0.25) is 0 Å². The molecule has 344 valence electrons. The molecule has 4 saturated carbocycles. The summed E-state index contributed by atoms with van der Waals surface area (Å²) in [6.45, 7) is 15.4. The van der Waals surface area contributed by atoms with Crippen LogP contribution in [-0.2, 0) is 52.3 Å². The largest absolute Gasteiger partial charge is 0.469 e. The van der Waals surface area contributed by atoms with Gasteiger partial charge in [-0.1, -0.05) is 47.1 Å². The number of methoxy groups -OCH3 is 3. The predicted molar refractivity (Wildman–Crippen MR) is 213 cm³/mol. The van der Waals surface area contributed by atoms with E-state index in [1.807, 2.05) is 13.0 Å². The number of esters is 3. The highest BCUT2D eigenvalue weighted by Gasteiger charge is 2.71. The van der Waals surface area contributed by atoms with Gasteiger partial charge >= 0.3 is 17.9 Å². The smallest absolute Gasteiger partial charge is 0.337 e. The summed E-state index contributed by atoms with van der Waals surface area (Å²) in [5.74, 6) is -2.39. The molecule has 0 radical (unpaired) electrons. The van der Waals surface area contributed by atoms with E-state index in [2.05, 4.69) is 46.3 Å². The van der Waals surface area contributed by atoms with Crippen molar-refractivity contribution in [2.45, 2.75) is 174 Å². The third-order valence-electron chi connectivity index (χ3n) is 17.8. The molecule has 5 aliphatic carbocycles. The highest BCUT2D eigenvalue weighted by atomic mass is 16.8. The first-order chi connectivity index (χ1) is 28.4. The number of carbonyl (C=O) groups is 4. The predicted octanol–water partition coefficient (Wildman–Crippen LogP) is 2.51. The van der Waals surface area contributed by atoms with Crippen molar-refractivity contribution in [3.63, 3.8) is 0 Å². The SMILES string of the molecule is COC(=O)[C@H]1OC(O[C@H]2CC[C@]3(C)[C@H]4C(=O)C=C5[C@@H]6C[C@@](C)(C(=O)OC)CC[C@]6(C)CC[C@@]5(C)[C@]4(C)CC[C@H]3C2(C)C)C(OC2O[C@H](C(=O)OC)[C@@H](O)[C@H](O)[C@H]2O)[C@@H](O)[C@@H]1O. The van der Waals surface area contributed by atoms with Crippen molar-refractivity contribution in [1.82, 2.24) is 0 Å². The van der Waals surface area contributed by atoms with E-state index < -0.39 is 95.7 Å². The minimum absolute atomic E-state index is 0.0224. The number of fused-ring (bicyclic) bond motifs is 7. The van der Waals surface area contributed by atoms with Crippen molar-refractivity contribution in [2.75, 3.05) is 21.3 Å². The Morgan fingerprint density at radius 3 is 1.87 bits per heavy atom. The van der Waals surface area contributed by atoms with Crippen LogP contribution < -0.4 is 0 Å². The maximum Gasteiger partial charge on any atom is 0.337 e. The molecule has 0 spiro atoms. The molecular formula is C45H68O16. The van der Waals surface area contributed by atoms with E-state index in [1.165, 1.54) is 12.7 Å². The van der Waals surface area contributed by atoms with Gasteiger partial charge in [-0.2, -0.15) is 0 Å². The standard InChI is InChI=1S/C45H68O16/c1-40(2)24-11-14-45(7)34(23(46)19-21-22-20-42(4,39(54)57-10)16-15-41(22,3)17-18-44(21,45)6)43(24,5)13-12-25(40)58-38-33(29(50)28(49)32(60-38)36(53)56-9)61-37-30(51)26(47)27(48)31(59-37)35(52)55-8/h19,22,24-34,37-38,47-51H,11-18,20H2,1-10H3/t22-,24-,25-,26-,27-,28-,29-,30+,31-,32-,33?,34+,37?,38?,41+,42-,43-,44+,45+/m0/s1. The van der Waals surface area contributed by atoms with Crippen LogP contribution in [0.3, 0.4) is 0 Å². The van der Waals surface area contributed by atoms with Crippen LogP contribution in [0, 0.1) is 50.2 Å². The van der Waals surface area contributed by atoms with E-state index in [9.17, 15) is 44.7 Å². The van der Waals surface area contributed by atoms with Gasteiger partial charge in [0.25, 0.3) is 0 Å². The van der Waals surface area contributed by atoms with Gasteiger partial charge in [-0.3, -0.25) is 9.59 Å². The van der Waals surface area contributed by atoms with E-state index in [-0.39, 0.29) is 45.8 Å². The number of aliphatic hydroxyl groups is 5. The summed E-state index contributed by atoms with van der Waals surface area (Å²) in [6, 6.07) is 0. The van der Waals surface area contributed by atoms with Crippen LogP contribution in [0.25, 0.3) is 0 Å². The number of hydrogen-bond acceptors (Lipinski definition) is 16. The molecular weight excluding hydrogens is 796 g/mol. The van der Waals surface area contributed by atoms with E-state index in [4.69, 9.17) is 28.4 Å². The first kappa shape index (κ1) is 46.5. The van der Waals surface area contributed by atoms with Crippen LogP contribution in [0.4, 0.5) is 0 Å². The van der Waals surface area contributed by atoms with Gasteiger partial charge in [0, 0.05) is 5.92 Å². The first-order valence-corrected chi connectivity index (χ1v) is 21.9. The zero-order valence-corrected chi connectivity index (χ0v) is 37.3. The molecule has 0 aromatic rings. The lowest BCUT2D eigenvalue weighted by Gasteiger charge is -2.70. The number of carbonyl (C=O) groups excluding carboxylic acids is 4.